The maximum Gasteiger partial charge on any atom is 0.113 e. The summed E-state index contributed by atoms with van der Waals surface area (Å²) in [6, 6.07) is 5.12. The number of hydrogen-bond acceptors (Lipinski definition) is 1. The Labute approximate surface area is 86.4 Å². The summed E-state index contributed by atoms with van der Waals surface area (Å²) in [6.45, 7) is -0.0391. The van der Waals surface area contributed by atoms with Crippen molar-refractivity contribution in [1.82, 2.24) is 0 Å². The molecule has 1 aromatic rings. The first-order chi connectivity index (χ1) is 6.22. The van der Waals surface area contributed by atoms with Crippen molar-refractivity contribution in [1.29, 1.82) is 0 Å². The van der Waals surface area contributed by atoms with Gasteiger partial charge in [0, 0.05) is 10.0 Å². The molecule has 1 nitrogen and oxygen atoms in total. The Balaban J connectivity index is 2.56. The van der Waals surface area contributed by atoms with Gasteiger partial charge in [0.05, 0.1) is 13.2 Å². The molecule has 0 aliphatic carbocycles. The van der Waals surface area contributed by atoms with Gasteiger partial charge >= 0.3 is 0 Å². The molecule has 0 aliphatic rings. The molecule has 0 spiro atoms. The Kier molecular flexibility index (Phi) is 4.50. The van der Waals surface area contributed by atoms with Crippen LogP contribution in [0.4, 0.5) is 4.39 Å². The van der Waals surface area contributed by atoms with E-state index in [-0.39, 0.29) is 6.61 Å². The minimum Gasteiger partial charge on any atom is -0.374 e. The summed E-state index contributed by atoms with van der Waals surface area (Å²) in [5.41, 5.74) is 0.853. The fourth-order valence-corrected chi connectivity index (χ4v) is 1.51. The van der Waals surface area contributed by atoms with Crippen molar-refractivity contribution in [3.63, 3.8) is 0 Å². The molecule has 0 saturated carbocycles. The van der Waals surface area contributed by atoms with Crippen LogP contribution < -0.4 is 0 Å². The van der Waals surface area contributed by atoms with Crippen LogP contribution in [0.1, 0.15) is 5.56 Å². The van der Waals surface area contributed by atoms with Gasteiger partial charge in [-0.15, -0.1) is 0 Å². The van der Waals surface area contributed by atoms with E-state index >= 15 is 0 Å². The number of alkyl halides is 1. The smallest absolute Gasteiger partial charge is 0.113 e. The first kappa shape index (κ1) is 10.8. The van der Waals surface area contributed by atoms with Crippen LogP contribution in [0.5, 0.6) is 0 Å². The molecule has 4 heteroatoms. The van der Waals surface area contributed by atoms with Gasteiger partial charge in [0.25, 0.3) is 0 Å². The number of benzene rings is 1. The van der Waals surface area contributed by atoms with E-state index in [0.717, 1.165) is 5.56 Å². The lowest BCUT2D eigenvalue weighted by Crippen LogP contribution is -1.96. The van der Waals surface area contributed by atoms with E-state index < -0.39 is 6.67 Å². The van der Waals surface area contributed by atoms with Gasteiger partial charge in [-0.3, -0.25) is 0 Å². The van der Waals surface area contributed by atoms with Crippen LogP contribution >= 0.6 is 23.2 Å². The van der Waals surface area contributed by atoms with E-state index in [1.807, 2.05) is 0 Å². The van der Waals surface area contributed by atoms with Crippen LogP contribution in [-0.4, -0.2) is 13.3 Å². The maximum atomic E-state index is 11.7. The Morgan fingerprint density at radius 3 is 2.31 bits per heavy atom. The van der Waals surface area contributed by atoms with E-state index in [2.05, 4.69) is 0 Å². The molecule has 0 aromatic heterocycles. The van der Waals surface area contributed by atoms with E-state index in [0.29, 0.717) is 16.7 Å². The lowest BCUT2D eigenvalue weighted by Gasteiger charge is -2.03. The normalized spacial score (nSPS) is 10.4. The molecule has 13 heavy (non-hydrogen) atoms. The van der Waals surface area contributed by atoms with Crippen molar-refractivity contribution in [2.45, 2.75) is 6.61 Å². The van der Waals surface area contributed by atoms with Crippen LogP contribution in [-0.2, 0) is 11.3 Å². The van der Waals surface area contributed by atoms with Crippen LogP contribution in [0.2, 0.25) is 10.0 Å². The molecular formula is C9H9Cl2FO. The second-order valence-electron chi connectivity index (χ2n) is 2.52. The fraction of sp³-hybridized carbons (Fsp3) is 0.333. The fourth-order valence-electron chi connectivity index (χ4n) is 0.939. The number of halogens is 3. The minimum atomic E-state index is -0.478. The van der Waals surface area contributed by atoms with E-state index in [1.54, 1.807) is 18.2 Å². The molecule has 1 rings (SSSR count). The molecule has 0 aliphatic heterocycles. The Bertz CT molecular complexity index is 258. The summed E-state index contributed by atoms with van der Waals surface area (Å²) in [6.07, 6.45) is 0. The number of hydrogen-bond donors (Lipinski definition) is 0. The molecule has 1 aromatic carbocycles. The van der Waals surface area contributed by atoms with Gasteiger partial charge in [-0.1, -0.05) is 23.2 Å². The summed E-state index contributed by atoms with van der Waals surface area (Å²) < 4.78 is 16.7. The van der Waals surface area contributed by atoms with Crippen molar-refractivity contribution in [2.75, 3.05) is 13.3 Å². The monoisotopic (exact) mass is 222 g/mol. The van der Waals surface area contributed by atoms with Crippen molar-refractivity contribution >= 4 is 23.2 Å². The van der Waals surface area contributed by atoms with Gasteiger partial charge in [0.15, 0.2) is 0 Å². The summed E-state index contributed by atoms with van der Waals surface area (Å²) in [7, 11) is 0. The molecular weight excluding hydrogens is 214 g/mol. The first-order valence-electron chi connectivity index (χ1n) is 3.81. The number of ether oxygens (including phenoxy) is 1. The highest BCUT2D eigenvalue weighted by Gasteiger charge is 1.98. The minimum absolute atomic E-state index is 0.101. The maximum absolute atomic E-state index is 11.7. The van der Waals surface area contributed by atoms with Crippen LogP contribution in [0.25, 0.3) is 0 Å². The van der Waals surface area contributed by atoms with Gasteiger partial charge in [0.1, 0.15) is 6.67 Å². The molecule has 72 valence electrons. The van der Waals surface area contributed by atoms with Gasteiger partial charge in [-0.25, -0.2) is 4.39 Å². The quantitative estimate of drug-likeness (QED) is 0.710. The standard InChI is InChI=1S/C9H9Cl2FO/c10-8-3-7(4-9(11)5-8)6-13-2-1-12/h3-5H,1-2,6H2. The number of rotatable bonds is 4. The second-order valence-corrected chi connectivity index (χ2v) is 3.39. The largest absolute Gasteiger partial charge is 0.374 e. The van der Waals surface area contributed by atoms with Crippen LogP contribution in [0.15, 0.2) is 18.2 Å². The highest BCUT2D eigenvalue weighted by molar-refractivity contribution is 6.34. The summed E-state index contributed by atoms with van der Waals surface area (Å²) >= 11 is 11.5. The predicted molar refractivity (Wildman–Crippen MR) is 52.1 cm³/mol. The zero-order valence-corrected chi connectivity index (χ0v) is 8.41. The van der Waals surface area contributed by atoms with Gasteiger partial charge in [-0.2, -0.15) is 0 Å². The molecule has 0 saturated heterocycles. The van der Waals surface area contributed by atoms with Crippen LogP contribution in [0.3, 0.4) is 0 Å². The van der Waals surface area contributed by atoms with Crippen molar-refractivity contribution in [3.8, 4) is 0 Å². The summed E-state index contributed by atoms with van der Waals surface area (Å²) in [5, 5.41) is 1.12. The van der Waals surface area contributed by atoms with E-state index in [1.165, 1.54) is 0 Å². The molecule has 0 fully saturated rings. The molecule has 0 radical (unpaired) electrons. The molecule has 0 amide bonds. The van der Waals surface area contributed by atoms with Gasteiger partial charge in [0.2, 0.25) is 0 Å². The third-order valence-electron chi connectivity index (χ3n) is 1.41. The Morgan fingerprint density at radius 1 is 1.15 bits per heavy atom. The molecule has 0 atom stereocenters. The van der Waals surface area contributed by atoms with E-state index in [4.69, 9.17) is 27.9 Å². The first-order valence-corrected chi connectivity index (χ1v) is 4.56. The molecule has 0 unspecified atom stereocenters. The second kappa shape index (κ2) is 5.43. The van der Waals surface area contributed by atoms with Gasteiger partial charge in [-0.05, 0) is 23.8 Å². The lowest BCUT2D eigenvalue weighted by molar-refractivity contribution is 0.106. The molecule has 0 bridgehead atoms. The third kappa shape index (κ3) is 3.94. The van der Waals surface area contributed by atoms with Crippen molar-refractivity contribution in [2.24, 2.45) is 0 Å². The molecule has 0 N–H and O–H groups in total. The predicted octanol–water partition coefficient (Wildman–Crippen LogP) is 3.48. The van der Waals surface area contributed by atoms with Crippen molar-refractivity contribution < 1.29 is 9.13 Å². The zero-order valence-electron chi connectivity index (χ0n) is 6.90. The summed E-state index contributed by atoms with van der Waals surface area (Å²) in [4.78, 5) is 0. The lowest BCUT2D eigenvalue weighted by atomic mass is 10.2. The average Bonchev–Trinajstić information content (AvgIpc) is 2.03. The third-order valence-corrected chi connectivity index (χ3v) is 1.85. The Hall–Kier alpha value is -0.310. The zero-order chi connectivity index (χ0) is 9.68. The average molecular weight is 223 g/mol. The molecule has 0 heterocycles. The van der Waals surface area contributed by atoms with Crippen LogP contribution in [0, 0.1) is 0 Å². The highest BCUT2D eigenvalue weighted by Crippen LogP contribution is 2.19. The SMILES string of the molecule is FCCOCc1cc(Cl)cc(Cl)c1. The van der Waals surface area contributed by atoms with E-state index in [9.17, 15) is 4.39 Å². The van der Waals surface area contributed by atoms with Crippen molar-refractivity contribution in [3.05, 3.63) is 33.8 Å². The highest BCUT2D eigenvalue weighted by atomic mass is 35.5. The Morgan fingerprint density at radius 2 is 1.77 bits per heavy atom. The van der Waals surface area contributed by atoms with Gasteiger partial charge < -0.3 is 4.74 Å². The summed E-state index contributed by atoms with van der Waals surface area (Å²) in [5.74, 6) is 0. The topological polar surface area (TPSA) is 9.23 Å².